The summed E-state index contributed by atoms with van der Waals surface area (Å²) in [6.45, 7) is 2.20. The lowest BCUT2D eigenvalue weighted by atomic mass is 10.1. The minimum Gasteiger partial charge on any atom is -0.382 e. The molecule has 0 aliphatic carbocycles. The number of anilines is 1. The van der Waals surface area contributed by atoms with Crippen molar-refractivity contribution in [3.63, 3.8) is 0 Å². The summed E-state index contributed by atoms with van der Waals surface area (Å²) in [5.74, 6) is 0.421. The normalized spacial score (nSPS) is 23.2. The standard InChI is InChI=1S/C13H19N5O/c1-2-3-4-9-5-6-10(19-9)18-8-17-11-12(14)15-7-16-13(11)18/h7-10H,2-6H2,1H3,(H2,14,15,16). The van der Waals surface area contributed by atoms with Gasteiger partial charge in [-0.25, -0.2) is 15.0 Å². The first-order valence-corrected chi connectivity index (χ1v) is 6.88. The van der Waals surface area contributed by atoms with E-state index in [1.165, 1.54) is 19.2 Å². The van der Waals surface area contributed by atoms with E-state index in [0.717, 1.165) is 24.9 Å². The molecule has 2 atom stereocenters. The number of hydrogen-bond donors (Lipinski definition) is 1. The van der Waals surface area contributed by atoms with E-state index >= 15 is 0 Å². The van der Waals surface area contributed by atoms with Gasteiger partial charge >= 0.3 is 0 Å². The molecule has 2 N–H and O–H groups in total. The molecule has 0 bridgehead atoms. The van der Waals surface area contributed by atoms with Gasteiger partial charge in [-0.1, -0.05) is 19.8 Å². The molecule has 19 heavy (non-hydrogen) atoms. The van der Waals surface area contributed by atoms with Crippen molar-refractivity contribution in [2.24, 2.45) is 0 Å². The lowest BCUT2D eigenvalue weighted by Crippen LogP contribution is -2.11. The number of nitrogens with two attached hydrogens (primary N) is 1. The van der Waals surface area contributed by atoms with E-state index in [0.29, 0.717) is 17.4 Å². The zero-order chi connectivity index (χ0) is 13.2. The van der Waals surface area contributed by atoms with Crippen molar-refractivity contribution in [1.82, 2.24) is 19.5 Å². The maximum atomic E-state index is 6.08. The molecule has 6 heteroatoms. The molecular weight excluding hydrogens is 242 g/mol. The fraction of sp³-hybridized carbons (Fsp3) is 0.615. The average molecular weight is 261 g/mol. The highest BCUT2D eigenvalue weighted by molar-refractivity contribution is 5.81. The second-order valence-electron chi connectivity index (χ2n) is 5.02. The lowest BCUT2D eigenvalue weighted by molar-refractivity contribution is -0.000153. The molecule has 0 spiro atoms. The minimum absolute atomic E-state index is 0.0288. The maximum Gasteiger partial charge on any atom is 0.167 e. The molecule has 2 aromatic heterocycles. The molecule has 0 aromatic carbocycles. The van der Waals surface area contributed by atoms with E-state index in [4.69, 9.17) is 10.5 Å². The van der Waals surface area contributed by atoms with Crippen LogP contribution in [0, 0.1) is 0 Å². The number of aromatic nitrogens is 4. The second-order valence-corrected chi connectivity index (χ2v) is 5.02. The number of rotatable bonds is 4. The monoisotopic (exact) mass is 261 g/mol. The predicted molar refractivity (Wildman–Crippen MR) is 72.4 cm³/mol. The van der Waals surface area contributed by atoms with Gasteiger partial charge in [-0.2, -0.15) is 0 Å². The summed E-state index contributed by atoms with van der Waals surface area (Å²) in [5.41, 5.74) is 7.21. The Balaban J connectivity index is 1.80. The number of unbranched alkanes of at least 4 members (excludes halogenated alkanes) is 1. The van der Waals surface area contributed by atoms with Gasteiger partial charge < -0.3 is 10.5 Å². The molecule has 1 fully saturated rings. The number of hydrogen-bond acceptors (Lipinski definition) is 5. The van der Waals surface area contributed by atoms with Crippen molar-refractivity contribution < 1.29 is 4.74 Å². The molecular formula is C13H19N5O. The molecule has 6 nitrogen and oxygen atoms in total. The summed E-state index contributed by atoms with van der Waals surface area (Å²) in [7, 11) is 0. The molecule has 1 aliphatic heterocycles. The molecule has 1 aliphatic rings. The van der Waals surface area contributed by atoms with Crippen molar-refractivity contribution in [3.05, 3.63) is 12.7 Å². The van der Waals surface area contributed by atoms with Crippen LogP contribution in [0.3, 0.4) is 0 Å². The summed E-state index contributed by atoms with van der Waals surface area (Å²) >= 11 is 0. The third-order valence-electron chi connectivity index (χ3n) is 3.66. The average Bonchev–Trinajstić information content (AvgIpc) is 3.02. The topological polar surface area (TPSA) is 78.9 Å². The fourth-order valence-corrected chi connectivity index (χ4v) is 2.62. The molecule has 102 valence electrons. The van der Waals surface area contributed by atoms with Crippen LogP contribution in [0.2, 0.25) is 0 Å². The summed E-state index contributed by atoms with van der Waals surface area (Å²) in [5, 5.41) is 0. The Morgan fingerprint density at radius 3 is 3.11 bits per heavy atom. The van der Waals surface area contributed by atoms with Crippen molar-refractivity contribution in [1.29, 1.82) is 0 Å². The Hall–Kier alpha value is -1.69. The highest BCUT2D eigenvalue weighted by Gasteiger charge is 2.27. The Morgan fingerprint density at radius 2 is 2.26 bits per heavy atom. The first-order valence-electron chi connectivity index (χ1n) is 6.88. The second kappa shape index (κ2) is 5.13. The summed E-state index contributed by atoms with van der Waals surface area (Å²) < 4.78 is 8.05. The lowest BCUT2D eigenvalue weighted by Gasteiger charge is -2.14. The van der Waals surface area contributed by atoms with Crippen molar-refractivity contribution in [2.75, 3.05) is 5.73 Å². The molecule has 0 radical (unpaired) electrons. The van der Waals surface area contributed by atoms with Gasteiger partial charge in [0, 0.05) is 0 Å². The van der Waals surface area contributed by atoms with Crippen LogP contribution in [-0.2, 0) is 4.74 Å². The highest BCUT2D eigenvalue weighted by Crippen LogP contribution is 2.32. The molecule has 0 saturated carbocycles. The SMILES string of the molecule is CCCCC1CCC(n2cnc3c(N)ncnc32)O1. The van der Waals surface area contributed by atoms with E-state index in [1.54, 1.807) is 6.33 Å². The number of nitrogens with zero attached hydrogens (tertiary/aromatic N) is 4. The van der Waals surface area contributed by atoms with Crippen LogP contribution >= 0.6 is 0 Å². The smallest absolute Gasteiger partial charge is 0.167 e. The highest BCUT2D eigenvalue weighted by atomic mass is 16.5. The fourth-order valence-electron chi connectivity index (χ4n) is 2.62. The van der Waals surface area contributed by atoms with Crippen LogP contribution in [0.25, 0.3) is 11.2 Å². The first kappa shape index (κ1) is 12.3. The molecule has 3 rings (SSSR count). The van der Waals surface area contributed by atoms with Crippen molar-refractivity contribution >= 4 is 17.0 Å². The maximum absolute atomic E-state index is 6.08. The Labute approximate surface area is 112 Å². The summed E-state index contributed by atoms with van der Waals surface area (Å²) in [4.78, 5) is 12.5. The first-order chi connectivity index (χ1) is 9.29. The zero-order valence-electron chi connectivity index (χ0n) is 11.1. The molecule has 0 amide bonds. The number of nitrogen functional groups attached to an aromatic ring is 1. The Morgan fingerprint density at radius 1 is 1.37 bits per heavy atom. The minimum atomic E-state index is 0.0288. The third kappa shape index (κ3) is 2.28. The predicted octanol–water partition coefficient (Wildman–Crippen LogP) is 2.28. The van der Waals surface area contributed by atoms with Crippen LogP contribution in [0.1, 0.15) is 45.3 Å². The van der Waals surface area contributed by atoms with Gasteiger partial charge in [-0.05, 0) is 19.3 Å². The Bertz CT molecular complexity index is 567. The molecule has 2 aromatic rings. The van der Waals surface area contributed by atoms with Gasteiger partial charge in [0.1, 0.15) is 18.1 Å². The quantitative estimate of drug-likeness (QED) is 0.913. The summed E-state index contributed by atoms with van der Waals surface area (Å²) in [6, 6.07) is 0. The van der Waals surface area contributed by atoms with Crippen LogP contribution in [0.5, 0.6) is 0 Å². The number of fused-ring (bicyclic) bond motifs is 1. The van der Waals surface area contributed by atoms with Crippen molar-refractivity contribution in [2.45, 2.75) is 51.4 Å². The van der Waals surface area contributed by atoms with E-state index in [-0.39, 0.29) is 6.23 Å². The number of ether oxygens (including phenoxy) is 1. The van der Waals surface area contributed by atoms with E-state index in [1.807, 2.05) is 4.57 Å². The molecule has 2 unspecified atom stereocenters. The number of imidazole rings is 1. The van der Waals surface area contributed by atoms with E-state index in [2.05, 4.69) is 21.9 Å². The molecule has 1 saturated heterocycles. The largest absolute Gasteiger partial charge is 0.382 e. The van der Waals surface area contributed by atoms with Gasteiger partial charge in [0.15, 0.2) is 11.5 Å². The van der Waals surface area contributed by atoms with Crippen LogP contribution in [0.15, 0.2) is 12.7 Å². The third-order valence-corrected chi connectivity index (χ3v) is 3.66. The van der Waals surface area contributed by atoms with E-state index < -0.39 is 0 Å². The van der Waals surface area contributed by atoms with Crippen LogP contribution in [0.4, 0.5) is 5.82 Å². The van der Waals surface area contributed by atoms with Gasteiger partial charge in [0.25, 0.3) is 0 Å². The van der Waals surface area contributed by atoms with Gasteiger partial charge in [-0.15, -0.1) is 0 Å². The van der Waals surface area contributed by atoms with Gasteiger partial charge in [0.05, 0.1) is 12.4 Å². The summed E-state index contributed by atoms with van der Waals surface area (Å²) in [6.07, 6.45) is 9.29. The van der Waals surface area contributed by atoms with Crippen LogP contribution in [-0.4, -0.2) is 25.6 Å². The van der Waals surface area contributed by atoms with Crippen LogP contribution < -0.4 is 5.73 Å². The molecule has 3 heterocycles. The van der Waals surface area contributed by atoms with Gasteiger partial charge in [-0.3, -0.25) is 4.57 Å². The van der Waals surface area contributed by atoms with Crippen molar-refractivity contribution in [3.8, 4) is 0 Å². The zero-order valence-corrected chi connectivity index (χ0v) is 11.1. The van der Waals surface area contributed by atoms with Gasteiger partial charge in [0.2, 0.25) is 0 Å². The Kier molecular flexibility index (Phi) is 3.33. The van der Waals surface area contributed by atoms with E-state index in [9.17, 15) is 0 Å².